The number of alkyl halides is 1. The maximum Gasteiger partial charge on any atom is 0.143 e. The van der Waals surface area contributed by atoms with E-state index in [1.54, 1.807) is 23.0 Å². The highest BCUT2D eigenvalue weighted by Gasteiger charge is 2.22. The summed E-state index contributed by atoms with van der Waals surface area (Å²) in [4.78, 5) is 0. The average molecular weight is 436 g/mol. The Kier molecular flexibility index (Phi) is 6.23. The Labute approximate surface area is 185 Å². The highest BCUT2D eigenvalue weighted by Crippen LogP contribution is 2.29. The van der Waals surface area contributed by atoms with Crippen LogP contribution in [0.25, 0.3) is 16.6 Å². The maximum absolute atomic E-state index is 13.3. The first kappa shape index (κ1) is 20.9. The van der Waals surface area contributed by atoms with Gasteiger partial charge < -0.3 is 10.1 Å². The van der Waals surface area contributed by atoms with Gasteiger partial charge in [0.2, 0.25) is 0 Å². The van der Waals surface area contributed by atoms with E-state index in [-0.39, 0.29) is 18.0 Å². The first-order chi connectivity index (χ1) is 15.0. The van der Waals surface area contributed by atoms with E-state index in [4.69, 9.17) is 16.3 Å². The predicted octanol–water partition coefficient (Wildman–Crippen LogP) is 6.02. The zero-order chi connectivity index (χ0) is 21.8. The summed E-state index contributed by atoms with van der Waals surface area (Å²) in [5.41, 5.74) is 3.50. The van der Waals surface area contributed by atoms with E-state index in [1.165, 1.54) is 12.1 Å². The fourth-order valence-corrected chi connectivity index (χ4v) is 3.63. The molecule has 0 saturated heterocycles. The Morgan fingerprint density at radius 1 is 1.13 bits per heavy atom. The first-order valence-electron chi connectivity index (χ1n) is 10.0. The van der Waals surface area contributed by atoms with Gasteiger partial charge in [0.1, 0.15) is 17.7 Å². The molecule has 31 heavy (non-hydrogen) atoms. The molecule has 0 fully saturated rings. The van der Waals surface area contributed by atoms with Crippen molar-refractivity contribution in [2.24, 2.45) is 0 Å². The van der Waals surface area contributed by atoms with Crippen LogP contribution in [0, 0.1) is 5.82 Å². The number of aromatic nitrogens is 2. The van der Waals surface area contributed by atoms with Crippen molar-refractivity contribution in [3.8, 4) is 11.4 Å². The molecule has 0 aliphatic carbocycles. The summed E-state index contributed by atoms with van der Waals surface area (Å²) in [5, 5.41) is 8.71. The Balaban J connectivity index is 1.63. The molecule has 1 N–H and O–H groups in total. The van der Waals surface area contributed by atoms with E-state index in [0.29, 0.717) is 5.88 Å². The largest absolute Gasteiger partial charge is 0.484 e. The summed E-state index contributed by atoms with van der Waals surface area (Å²) in [7, 11) is 0. The second-order valence-electron chi connectivity index (χ2n) is 7.37. The molecule has 0 radical (unpaired) electrons. The fourth-order valence-electron chi connectivity index (χ4n) is 3.56. The number of hydrogen-bond donors (Lipinski definition) is 1. The monoisotopic (exact) mass is 435 g/mol. The summed E-state index contributed by atoms with van der Waals surface area (Å²) in [5.74, 6) is 0.785. The maximum atomic E-state index is 13.3. The summed E-state index contributed by atoms with van der Waals surface area (Å²) in [6, 6.07) is 22.1. The number of ether oxygens (including phenoxy) is 1. The van der Waals surface area contributed by atoms with Crippen LogP contribution in [-0.2, 0) is 0 Å². The lowest BCUT2D eigenvalue weighted by Crippen LogP contribution is -2.34. The van der Waals surface area contributed by atoms with E-state index in [9.17, 15) is 4.39 Å². The van der Waals surface area contributed by atoms with Crippen molar-refractivity contribution in [2.45, 2.75) is 19.1 Å². The third kappa shape index (κ3) is 4.72. The predicted molar refractivity (Wildman–Crippen MR) is 123 cm³/mol. The molecule has 0 bridgehead atoms. The molecule has 1 aromatic heterocycles. The summed E-state index contributed by atoms with van der Waals surface area (Å²) < 4.78 is 21.5. The zero-order valence-electron chi connectivity index (χ0n) is 17.1. The number of benzene rings is 3. The van der Waals surface area contributed by atoms with Gasteiger partial charge in [-0.2, -0.15) is 5.10 Å². The van der Waals surface area contributed by atoms with Crippen molar-refractivity contribution < 1.29 is 9.13 Å². The van der Waals surface area contributed by atoms with Gasteiger partial charge in [-0.25, -0.2) is 9.07 Å². The van der Waals surface area contributed by atoms with Crippen molar-refractivity contribution in [1.29, 1.82) is 0 Å². The van der Waals surface area contributed by atoms with Crippen LogP contribution in [0.3, 0.4) is 0 Å². The van der Waals surface area contributed by atoms with Crippen LogP contribution in [0.15, 0.2) is 91.3 Å². The van der Waals surface area contributed by atoms with Gasteiger partial charge in [0.15, 0.2) is 0 Å². The number of allylic oxidation sites excluding steroid dienone is 1. The highest BCUT2D eigenvalue weighted by atomic mass is 35.5. The van der Waals surface area contributed by atoms with E-state index in [1.807, 2.05) is 55.5 Å². The number of fused-ring (bicyclic) bond motifs is 1. The van der Waals surface area contributed by atoms with Crippen LogP contribution in [0.2, 0.25) is 0 Å². The van der Waals surface area contributed by atoms with Crippen LogP contribution in [0.1, 0.15) is 18.6 Å². The standard InChI is InChI=1S/C25H23ClFN3O/c1-17(15-26)29-18(2)25(19-6-4-3-5-7-19)31-23-12-13-24-20(14-23)16-28-30(24)22-10-8-21(27)9-11-22/h3-14,16,18,25,29H,1,15H2,2H3/t18-,25-/m0/s1. The zero-order valence-corrected chi connectivity index (χ0v) is 17.9. The van der Waals surface area contributed by atoms with E-state index in [0.717, 1.165) is 33.6 Å². The molecule has 0 amide bonds. The lowest BCUT2D eigenvalue weighted by atomic mass is 10.0. The Bertz CT molecular complexity index is 1170. The minimum absolute atomic E-state index is 0.0497. The van der Waals surface area contributed by atoms with Gasteiger partial charge in [-0.05, 0) is 55.0 Å². The molecule has 4 aromatic rings. The van der Waals surface area contributed by atoms with Gasteiger partial charge in [-0.15, -0.1) is 11.6 Å². The molecule has 4 nitrogen and oxygen atoms in total. The summed E-state index contributed by atoms with van der Waals surface area (Å²) >= 11 is 5.90. The molecular formula is C25H23ClFN3O. The molecule has 2 atom stereocenters. The second-order valence-corrected chi connectivity index (χ2v) is 7.64. The molecule has 0 unspecified atom stereocenters. The minimum atomic E-state index is -0.276. The van der Waals surface area contributed by atoms with Gasteiger partial charge in [-0.1, -0.05) is 36.9 Å². The fraction of sp³-hybridized carbons (Fsp3) is 0.160. The van der Waals surface area contributed by atoms with Crippen molar-refractivity contribution in [3.05, 3.63) is 103 Å². The molecule has 0 spiro atoms. The van der Waals surface area contributed by atoms with E-state index >= 15 is 0 Å². The topological polar surface area (TPSA) is 39.1 Å². The number of hydrogen-bond acceptors (Lipinski definition) is 3. The number of rotatable bonds is 8. The molecule has 158 valence electrons. The Morgan fingerprint density at radius 2 is 1.87 bits per heavy atom. The van der Waals surface area contributed by atoms with Gasteiger partial charge in [0, 0.05) is 11.1 Å². The summed E-state index contributed by atoms with van der Waals surface area (Å²) in [6.07, 6.45) is 1.53. The van der Waals surface area contributed by atoms with E-state index < -0.39 is 0 Å². The molecule has 0 aliphatic rings. The van der Waals surface area contributed by atoms with Gasteiger partial charge in [-0.3, -0.25) is 0 Å². The first-order valence-corrected chi connectivity index (χ1v) is 10.5. The number of nitrogens with one attached hydrogen (secondary N) is 1. The van der Waals surface area contributed by atoms with E-state index in [2.05, 4.69) is 17.0 Å². The number of halogens is 2. The number of nitrogens with zero attached hydrogens (tertiary/aromatic N) is 2. The molecule has 0 saturated carbocycles. The van der Waals surface area contributed by atoms with Gasteiger partial charge in [0.25, 0.3) is 0 Å². The van der Waals surface area contributed by atoms with Crippen molar-refractivity contribution in [3.63, 3.8) is 0 Å². The van der Waals surface area contributed by atoms with Crippen LogP contribution in [0.5, 0.6) is 5.75 Å². The smallest absolute Gasteiger partial charge is 0.143 e. The normalized spacial score (nSPS) is 13.0. The van der Waals surface area contributed by atoms with Crippen LogP contribution < -0.4 is 10.1 Å². The average Bonchev–Trinajstić information content (AvgIpc) is 3.21. The van der Waals surface area contributed by atoms with Crippen LogP contribution in [0.4, 0.5) is 4.39 Å². The lowest BCUT2D eigenvalue weighted by Gasteiger charge is -2.27. The Hall–Kier alpha value is -3.31. The lowest BCUT2D eigenvalue weighted by molar-refractivity contribution is 0.167. The second kappa shape index (κ2) is 9.23. The van der Waals surface area contributed by atoms with Crippen molar-refractivity contribution >= 4 is 22.5 Å². The molecule has 1 heterocycles. The SMILES string of the molecule is C=C(CCl)N[C@@H](C)[C@H](Oc1ccc2c(cnn2-c2ccc(F)cc2)c1)c1ccccc1. The van der Waals surface area contributed by atoms with Gasteiger partial charge in [0.05, 0.1) is 29.3 Å². The van der Waals surface area contributed by atoms with Crippen LogP contribution in [-0.4, -0.2) is 21.7 Å². The highest BCUT2D eigenvalue weighted by molar-refractivity contribution is 6.19. The molecule has 3 aromatic carbocycles. The molecule has 4 rings (SSSR count). The minimum Gasteiger partial charge on any atom is -0.484 e. The molecule has 0 aliphatic heterocycles. The third-order valence-corrected chi connectivity index (χ3v) is 5.37. The Morgan fingerprint density at radius 3 is 2.58 bits per heavy atom. The third-order valence-electron chi connectivity index (χ3n) is 5.05. The van der Waals surface area contributed by atoms with Gasteiger partial charge >= 0.3 is 0 Å². The van der Waals surface area contributed by atoms with Crippen molar-refractivity contribution in [2.75, 3.05) is 5.88 Å². The van der Waals surface area contributed by atoms with Crippen molar-refractivity contribution in [1.82, 2.24) is 15.1 Å². The molecule has 6 heteroatoms. The quantitative estimate of drug-likeness (QED) is 0.344. The van der Waals surface area contributed by atoms with Crippen LogP contribution >= 0.6 is 11.6 Å². The molecular weight excluding hydrogens is 413 g/mol. The summed E-state index contributed by atoms with van der Waals surface area (Å²) in [6.45, 7) is 5.98.